The molecule has 3 aromatic heterocycles. The Labute approximate surface area is 132 Å². The predicted octanol–water partition coefficient (Wildman–Crippen LogP) is 2.77. The number of hydrogen-bond donors (Lipinski definition) is 1. The first-order chi connectivity index (χ1) is 10.7. The van der Waals surface area contributed by atoms with Crippen molar-refractivity contribution >= 4 is 23.0 Å². The third kappa shape index (κ3) is 2.85. The van der Waals surface area contributed by atoms with E-state index >= 15 is 0 Å². The fourth-order valence-corrected chi connectivity index (χ4v) is 3.13. The van der Waals surface area contributed by atoms with Crippen LogP contribution in [0.15, 0.2) is 29.8 Å². The summed E-state index contributed by atoms with van der Waals surface area (Å²) in [5.74, 6) is 0.471. The minimum atomic E-state index is -0.231. The van der Waals surface area contributed by atoms with E-state index in [1.54, 1.807) is 21.9 Å². The molecule has 3 rings (SSSR count). The Morgan fingerprint density at radius 1 is 1.41 bits per heavy atom. The molecule has 0 aromatic carbocycles. The molecule has 0 spiro atoms. The number of carbonyl (C=O) groups is 1. The van der Waals surface area contributed by atoms with Crippen molar-refractivity contribution < 1.29 is 4.79 Å². The molecule has 22 heavy (non-hydrogen) atoms. The van der Waals surface area contributed by atoms with Crippen molar-refractivity contribution in [2.45, 2.75) is 32.7 Å². The Hall–Kier alpha value is -2.28. The van der Waals surface area contributed by atoms with Gasteiger partial charge in [-0.1, -0.05) is 19.4 Å². The molecule has 1 amide bonds. The van der Waals surface area contributed by atoms with Crippen LogP contribution < -0.4 is 5.32 Å². The molecule has 0 bridgehead atoms. The van der Waals surface area contributed by atoms with Crippen LogP contribution in [0, 0.1) is 6.92 Å². The monoisotopic (exact) mass is 315 g/mol. The standard InChI is InChI=1S/C15H17N5OS/c1-3-5-11(12-6-4-9-22-12)17-14(21)13-18-19-15-16-10(2)7-8-20(13)15/h4,6-9,11H,3,5H2,1-2H3,(H,17,21)/t11-/m1/s1. The summed E-state index contributed by atoms with van der Waals surface area (Å²) in [6.45, 7) is 3.98. The van der Waals surface area contributed by atoms with E-state index in [0.717, 1.165) is 23.4 Å². The van der Waals surface area contributed by atoms with E-state index in [4.69, 9.17) is 0 Å². The Kier molecular flexibility index (Phi) is 4.15. The molecule has 0 aliphatic heterocycles. The van der Waals surface area contributed by atoms with Crippen LogP contribution in [0.2, 0.25) is 0 Å². The van der Waals surface area contributed by atoms with Gasteiger partial charge in [-0.05, 0) is 30.9 Å². The van der Waals surface area contributed by atoms with Crippen LogP contribution in [0.3, 0.4) is 0 Å². The molecule has 3 aromatic rings. The normalized spacial score (nSPS) is 12.5. The zero-order valence-corrected chi connectivity index (χ0v) is 13.3. The van der Waals surface area contributed by atoms with Crippen LogP contribution in [0.5, 0.6) is 0 Å². The number of thiophene rings is 1. The van der Waals surface area contributed by atoms with Crippen molar-refractivity contribution in [2.75, 3.05) is 0 Å². The van der Waals surface area contributed by atoms with Crippen LogP contribution in [0.1, 0.15) is 47.0 Å². The predicted molar refractivity (Wildman–Crippen MR) is 85.0 cm³/mol. The summed E-state index contributed by atoms with van der Waals surface area (Å²) in [5, 5.41) is 13.0. The molecule has 3 heterocycles. The van der Waals surface area contributed by atoms with Crippen LogP contribution in [-0.4, -0.2) is 25.5 Å². The first kappa shape index (κ1) is 14.6. The van der Waals surface area contributed by atoms with Gasteiger partial charge in [0.2, 0.25) is 5.82 Å². The Morgan fingerprint density at radius 2 is 2.27 bits per heavy atom. The van der Waals surface area contributed by atoms with Gasteiger partial charge in [0.05, 0.1) is 6.04 Å². The first-order valence-electron chi connectivity index (χ1n) is 7.21. The van der Waals surface area contributed by atoms with Gasteiger partial charge in [-0.3, -0.25) is 9.20 Å². The number of aromatic nitrogens is 4. The molecule has 0 unspecified atom stereocenters. The van der Waals surface area contributed by atoms with Gasteiger partial charge in [0.25, 0.3) is 11.7 Å². The highest BCUT2D eigenvalue weighted by molar-refractivity contribution is 7.10. The lowest BCUT2D eigenvalue weighted by Gasteiger charge is -2.15. The second-order valence-corrected chi connectivity index (χ2v) is 6.07. The number of amides is 1. The summed E-state index contributed by atoms with van der Waals surface area (Å²) in [4.78, 5) is 17.9. The fraction of sp³-hybridized carbons (Fsp3) is 0.333. The molecule has 0 radical (unpaired) electrons. The zero-order valence-electron chi connectivity index (χ0n) is 12.5. The van der Waals surface area contributed by atoms with Gasteiger partial charge in [0.1, 0.15) is 0 Å². The van der Waals surface area contributed by atoms with Crippen molar-refractivity contribution in [1.82, 2.24) is 24.9 Å². The van der Waals surface area contributed by atoms with E-state index < -0.39 is 0 Å². The minimum Gasteiger partial charge on any atom is -0.342 e. The number of aryl methyl sites for hydroxylation is 1. The number of fused-ring (bicyclic) bond motifs is 1. The van der Waals surface area contributed by atoms with E-state index in [1.807, 2.05) is 30.5 Å². The van der Waals surface area contributed by atoms with E-state index in [1.165, 1.54) is 0 Å². The molecular formula is C15H17N5OS. The molecule has 0 saturated carbocycles. The molecular weight excluding hydrogens is 298 g/mol. The maximum Gasteiger partial charge on any atom is 0.290 e. The van der Waals surface area contributed by atoms with Gasteiger partial charge in [-0.15, -0.1) is 21.5 Å². The number of nitrogens with zero attached hydrogens (tertiary/aromatic N) is 4. The second-order valence-electron chi connectivity index (χ2n) is 5.09. The van der Waals surface area contributed by atoms with Crippen LogP contribution in [0.4, 0.5) is 0 Å². The summed E-state index contributed by atoms with van der Waals surface area (Å²) in [5.41, 5.74) is 0.842. The summed E-state index contributed by atoms with van der Waals surface area (Å²) < 4.78 is 1.61. The van der Waals surface area contributed by atoms with Crippen LogP contribution >= 0.6 is 11.3 Å². The summed E-state index contributed by atoms with van der Waals surface area (Å²) in [6.07, 6.45) is 3.65. The van der Waals surface area contributed by atoms with E-state index in [2.05, 4.69) is 27.4 Å². The zero-order chi connectivity index (χ0) is 15.5. The van der Waals surface area contributed by atoms with Gasteiger partial charge in [-0.25, -0.2) is 4.98 Å². The third-order valence-corrected chi connectivity index (χ3v) is 4.38. The van der Waals surface area contributed by atoms with E-state index in [9.17, 15) is 4.79 Å². The van der Waals surface area contributed by atoms with E-state index in [0.29, 0.717) is 5.78 Å². The number of carbonyl (C=O) groups excluding carboxylic acids is 1. The molecule has 0 fully saturated rings. The average Bonchev–Trinajstić information content (AvgIpc) is 3.15. The lowest BCUT2D eigenvalue weighted by atomic mass is 10.1. The molecule has 114 valence electrons. The van der Waals surface area contributed by atoms with Gasteiger partial charge in [-0.2, -0.15) is 0 Å². The molecule has 6 nitrogen and oxygen atoms in total. The highest BCUT2D eigenvalue weighted by atomic mass is 32.1. The highest BCUT2D eigenvalue weighted by Crippen LogP contribution is 2.23. The summed E-state index contributed by atoms with van der Waals surface area (Å²) in [7, 11) is 0. The SMILES string of the molecule is CCC[C@@H](NC(=O)c1nnc2nc(C)ccn12)c1cccs1. The molecule has 1 N–H and O–H groups in total. The lowest BCUT2D eigenvalue weighted by Crippen LogP contribution is -2.29. The second kappa shape index (κ2) is 6.23. The average molecular weight is 315 g/mol. The maximum absolute atomic E-state index is 12.5. The summed E-state index contributed by atoms with van der Waals surface area (Å²) >= 11 is 1.65. The smallest absolute Gasteiger partial charge is 0.290 e. The Balaban J connectivity index is 1.85. The van der Waals surface area contributed by atoms with Crippen molar-refractivity contribution in [2.24, 2.45) is 0 Å². The fourth-order valence-electron chi connectivity index (χ4n) is 2.32. The van der Waals surface area contributed by atoms with Crippen LogP contribution in [0.25, 0.3) is 5.78 Å². The lowest BCUT2D eigenvalue weighted by molar-refractivity contribution is 0.0923. The van der Waals surface area contributed by atoms with Crippen molar-refractivity contribution in [3.8, 4) is 0 Å². The van der Waals surface area contributed by atoms with Gasteiger partial charge in [0, 0.05) is 16.8 Å². The summed E-state index contributed by atoms with van der Waals surface area (Å²) in [6, 6.07) is 5.87. The van der Waals surface area contributed by atoms with Crippen molar-refractivity contribution in [1.29, 1.82) is 0 Å². The number of hydrogen-bond acceptors (Lipinski definition) is 5. The largest absolute Gasteiger partial charge is 0.342 e. The maximum atomic E-state index is 12.5. The molecule has 1 atom stereocenters. The van der Waals surface area contributed by atoms with Gasteiger partial charge in [0.15, 0.2) is 0 Å². The highest BCUT2D eigenvalue weighted by Gasteiger charge is 2.20. The number of rotatable bonds is 5. The Bertz CT molecular complexity index is 780. The molecule has 0 aliphatic carbocycles. The third-order valence-electron chi connectivity index (χ3n) is 3.39. The molecule has 7 heteroatoms. The van der Waals surface area contributed by atoms with Gasteiger partial charge < -0.3 is 5.32 Å². The quantitative estimate of drug-likeness (QED) is 0.786. The minimum absolute atomic E-state index is 0.00302. The number of nitrogens with one attached hydrogen (secondary N) is 1. The van der Waals surface area contributed by atoms with Crippen LogP contribution in [-0.2, 0) is 0 Å². The Morgan fingerprint density at radius 3 is 3.00 bits per heavy atom. The van der Waals surface area contributed by atoms with Crippen molar-refractivity contribution in [3.05, 3.63) is 46.2 Å². The van der Waals surface area contributed by atoms with Gasteiger partial charge >= 0.3 is 0 Å². The van der Waals surface area contributed by atoms with Crippen molar-refractivity contribution in [3.63, 3.8) is 0 Å². The molecule has 0 aliphatic rings. The topological polar surface area (TPSA) is 72.2 Å². The molecule has 0 saturated heterocycles. The first-order valence-corrected chi connectivity index (χ1v) is 8.09. The van der Waals surface area contributed by atoms with E-state index in [-0.39, 0.29) is 17.8 Å².